The number of hydrogen-bond donors (Lipinski definition) is 1. The van der Waals surface area contributed by atoms with E-state index < -0.39 is 6.10 Å². The molecule has 0 saturated carbocycles. The van der Waals surface area contributed by atoms with Gasteiger partial charge in [-0.3, -0.25) is 4.79 Å². The van der Waals surface area contributed by atoms with Gasteiger partial charge in [0.25, 0.3) is 5.91 Å². The van der Waals surface area contributed by atoms with E-state index in [4.69, 9.17) is 21.1 Å². The zero-order valence-electron chi connectivity index (χ0n) is 12.6. The first-order valence-corrected chi connectivity index (χ1v) is 7.50. The zero-order chi connectivity index (χ0) is 16.7. The van der Waals surface area contributed by atoms with Crippen molar-refractivity contribution in [1.29, 1.82) is 0 Å². The molecule has 0 saturated heterocycles. The van der Waals surface area contributed by atoms with Gasteiger partial charge in [0.1, 0.15) is 23.9 Å². The highest BCUT2D eigenvalue weighted by molar-refractivity contribution is 6.30. The van der Waals surface area contributed by atoms with Crippen LogP contribution >= 0.6 is 11.6 Å². The summed E-state index contributed by atoms with van der Waals surface area (Å²) in [5.41, 5.74) is 0. The molecule has 0 fully saturated rings. The second-order valence-corrected chi connectivity index (χ2v) is 5.24. The lowest BCUT2D eigenvalue weighted by Gasteiger charge is -2.15. The van der Waals surface area contributed by atoms with Gasteiger partial charge < -0.3 is 14.8 Å². The molecule has 2 aromatic carbocycles. The molecule has 2 aromatic rings. The van der Waals surface area contributed by atoms with Crippen molar-refractivity contribution >= 4 is 17.5 Å². The van der Waals surface area contributed by atoms with Gasteiger partial charge in [-0.25, -0.2) is 4.39 Å². The number of benzene rings is 2. The Balaban J connectivity index is 1.69. The maximum atomic E-state index is 12.7. The van der Waals surface area contributed by atoms with E-state index >= 15 is 0 Å². The van der Waals surface area contributed by atoms with E-state index in [0.717, 1.165) is 0 Å². The highest BCUT2D eigenvalue weighted by atomic mass is 35.5. The van der Waals surface area contributed by atoms with E-state index in [0.29, 0.717) is 23.1 Å². The van der Waals surface area contributed by atoms with E-state index in [-0.39, 0.29) is 18.3 Å². The van der Waals surface area contributed by atoms with Gasteiger partial charge in [0.15, 0.2) is 6.10 Å². The normalized spacial score (nSPS) is 11.6. The molecule has 2 rings (SSSR count). The average molecular weight is 338 g/mol. The van der Waals surface area contributed by atoms with Crippen molar-refractivity contribution in [3.05, 3.63) is 59.4 Å². The molecule has 6 heteroatoms. The van der Waals surface area contributed by atoms with Gasteiger partial charge in [-0.05, 0) is 55.5 Å². The minimum atomic E-state index is -0.637. The molecule has 1 atom stereocenters. The van der Waals surface area contributed by atoms with Crippen LogP contribution in [-0.4, -0.2) is 25.2 Å². The molecule has 4 nitrogen and oxygen atoms in total. The maximum Gasteiger partial charge on any atom is 0.260 e. The van der Waals surface area contributed by atoms with Crippen molar-refractivity contribution in [2.24, 2.45) is 0 Å². The molecule has 23 heavy (non-hydrogen) atoms. The van der Waals surface area contributed by atoms with Crippen LogP contribution in [0.3, 0.4) is 0 Å². The van der Waals surface area contributed by atoms with Crippen LogP contribution in [0, 0.1) is 5.82 Å². The predicted octanol–water partition coefficient (Wildman–Crippen LogP) is 3.44. The maximum absolute atomic E-state index is 12.7. The number of nitrogens with one attached hydrogen (secondary N) is 1. The fourth-order valence-electron chi connectivity index (χ4n) is 1.79. The Bertz CT molecular complexity index is 631. The zero-order valence-corrected chi connectivity index (χ0v) is 13.3. The summed E-state index contributed by atoms with van der Waals surface area (Å²) in [6.45, 7) is 2.26. The molecule has 0 heterocycles. The van der Waals surface area contributed by atoms with Gasteiger partial charge in [0, 0.05) is 5.02 Å². The molecule has 0 radical (unpaired) electrons. The molecular weight excluding hydrogens is 321 g/mol. The summed E-state index contributed by atoms with van der Waals surface area (Å²) < 4.78 is 23.6. The van der Waals surface area contributed by atoms with Crippen LogP contribution in [0.2, 0.25) is 5.02 Å². The molecule has 0 aliphatic rings. The Morgan fingerprint density at radius 2 is 1.74 bits per heavy atom. The second kappa shape index (κ2) is 8.39. The molecule has 0 aromatic heterocycles. The van der Waals surface area contributed by atoms with E-state index in [1.165, 1.54) is 24.3 Å². The van der Waals surface area contributed by atoms with Crippen LogP contribution < -0.4 is 14.8 Å². The third-order valence-electron chi connectivity index (χ3n) is 2.98. The number of rotatable bonds is 7. The first kappa shape index (κ1) is 17.1. The molecular formula is C17H17ClFNO3. The number of amides is 1. The smallest absolute Gasteiger partial charge is 0.260 e. The standard InChI is InChI=1S/C17H17ClFNO3/c1-12(23-16-6-2-13(18)3-7-16)17(21)20-10-11-22-15-8-4-14(19)5-9-15/h2-9,12H,10-11H2,1H3,(H,20,21). The molecule has 1 unspecified atom stereocenters. The number of carbonyl (C=O) groups is 1. The molecule has 0 aliphatic heterocycles. The Morgan fingerprint density at radius 1 is 1.13 bits per heavy atom. The highest BCUT2D eigenvalue weighted by Crippen LogP contribution is 2.16. The van der Waals surface area contributed by atoms with Crippen molar-refractivity contribution in [2.75, 3.05) is 13.2 Å². The molecule has 122 valence electrons. The van der Waals surface area contributed by atoms with Crippen LogP contribution in [0.5, 0.6) is 11.5 Å². The summed E-state index contributed by atoms with van der Waals surface area (Å²) >= 11 is 5.78. The molecule has 0 bridgehead atoms. The molecule has 0 spiro atoms. The predicted molar refractivity (Wildman–Crippen MR) is 86.4 cm³/mol. The molecule has 0 aliphatic carbocycles. The van der Waals surface area contributed by atoms with Gasteiger partial charge in [-0.1, -0.05) is 11.6 Å². The first-order valence-electron chi connectivity index (χ1n) is 7.13. The lowest BCUT2D eigenvalue weighted by molar-refractivity contribution is -0.127. The Kier molecular flexibility index (Phi) is 6.23. The number of ether oxygens (including phenoxy) is 2. The quantitative estimate of drug-likeness (QED) is 0.787. The largest absolute Gasteiger partial charge is 0.492 e. The minimum absolute atomic E-state index is 0.248. The van der Waals surface area contributed by atoms with Crippen molar-refractivity contribution in [1.82, 2.24) is 5.32 Å². The monoisotopic (exact) mass is 337 g/mol. The summed E-state index contributed by atoms with van der Waals surface area (Å²) in [5, 5.41) is 3.31. The highest BCUT2D eigenvalue weighted by Gasteiger charge is 2.13. The Morgan fingerprint density at radius 3 is 2.39 bits per heavy atom. The second-order valence-electron chi connectivity index (χ2n) is 4.81. The first-order chi connectivity index (χ1) is 11.0. The summed E-state index contributed by atoms with van der Waals surface area (Å²) in [7, 11) is 0. The fourth-order valence-corrected chi connectivity index (χ4v) is 1.91. The van der Waals surface area contributed by atoms with E-state index in [9.17, 15) is 9.18 Å². The van der Waals surface area contributed by atoms with E-state index in [1.54, 1.807) is 31.2 Å². The Labute approximate surface area is 139 Å². The third kappa shape index (κ3) is 5.79. The third-order valence-corrected chi connectivity index (χ3v) is 3.23. The van der Waals surface area contributed by atoms with Gasteiger partial charge in [-0.15, -0.1) is 0 Å². The van der Waals surface area contributed by atoms with Crippen molar-refractivity contribution in [3.8, 4) is 11.5 Å². The summed E-state index contributed by atoms with van der Waals surface area (Å²) in [5.74, 6) is 0.548. The van der Waals surface area contributed by atoms with Crippen molar-refractivity contribution in [3.63, 3.8) is 0 Å². The van der Waals surface area contributed by atoms with Gasteiger partial charge in [0.05, 0.1) is 6.54 Å². The minimum Gasteiger partial charge on any atom is -0.492 e. The summed E-state index contributed by atoms with van der Waals surface area (Å²) in [4.78, 5) is 11.9. The average Bonchev–Trinajstić information content (AvgIpc) is 2.55. The number of carbonyl (C=O) groups excluding carboxylic acids is 1. The van der Waals surface area contributed by atoms with Crippen molar-refractivity contribution in [2.45, 2.75) is 13.0 Å². The van der Waals surface area contributed by atoms with Crippen molar-refractivity contribution < 1.29 is 18.7 Å². The lowest BCUT2D eigenvalue weighted by atomic mass is 10.3. The molecule has 1 amide bonds. The van der Waals surface area contributed by atoms with Crippen LogP contribution in [0.15, 0.2) is 48.5 Å². The van der Waals surface area contributed by atoms with Gasteiger partial charge in [0.2, 0.25) is 0 Å². The van der Waals surface area contributed by atoms with E-state index in [2.05, 4.69) is 5.32 Å². The van der Waals surface area contributed by atoms with Gasteiger partial charge >= 0.3 is 0 Å². The van der Waals surface area contributed by atoms with Crippen LogP contribution in [0.1, 0.15) is 6.92 Å². The number of halogens is 2. The van der Waals surface area contributed by atoms with E-state index in [1.807, 2.05) is 0 Å². The lowest BCUT2D eigenvalue weighted by Crippen LogP contribution is -2.38. The molecule has 1 N–H and O–H groups in total. The Hall–Kier alpha value is -2.27. The van der Waals surface area contributed by atoms with Crippen LogP contribution in [0.4, 0.5) is 4.39 Å². The summed E-state index contributed by atoms with van der Waals surface area (Å²) in [6, 6.07) is 12.5. The fraction of sp³-hybridized carbons (Fsp3) is 0.235. The van der Waals surface area contributed by atoms with Crippen LogP contribution in [-0.2, 0) is 4.79 Å². The summed E-state index contributed by atoms with van der Waals surface area (Å²) in [6.07, 6.45) is -0.637. The van der Waals surface area contributed by atoms with Crippen LogP contribution in [0.25, 0.3) is 0 Å². The SMILES string of the molecule is CC(Oc1ccc(Cl)cc1)C(=O)NCCOc1ccc(F)cc1. The van der Waals surface area contributed by atoms with Gasteiger partial charge in [-0.2, -0.15) is 0 Å². The topological polar surface area (TPSA) is 47.6 Å². The number of hydrogen-bond acceptors (Lipinski definition) is 3.